The normalized spacial score (nSPS) is 13.0. The van der Waals surface area contributed by atoms with Crippen LogP contribution < -0.4 is 19.7 Å². The van der Waals surface area contributed by atoms with E-state index in [-0.39, 0.29) is 16.6 Å². The summed E-state index contributed by atoms with van der Waals surface area (Å²) >= 11 is 5.74. The molecule has 5 nitrogen and oxygen atoms in total. The molecule has 1 unspecified atom stereocenters. The lowest BCUT2D eigenvalue weighted by molar-refractivity contribution is -0.907. The Hall–Kier alpha value is -2.31. The molecule has 0 saturated heterocycles. The van der Waals surface area contributed by atoms with Crippen molar-refractivity contribution in [1.29, 1.82) is 0 Å². The lowest BCUT2D eigenvalue weighted by Gasteiger charge is -2.22. The highest BCUT2D eigenvalue weighted by Crippen LogP contribution is 2.27. The summed E-state index contributed by atoms with van der Waals surface area (Å²) in [6, 6.07) is 9.47. The van der Waals surface area contributed by atoms with Gasteiger partial charge in [-0.3, -0.25) is 4.79 Å². The van der Waals surface area contributed by atoms with Crippen LogP contribution in [0, 0.1) is 5.82 Å². The number of ether oxygens (including phenoxy) is 2. The van der Waals surface area contributed by atoms with Gasteiger partial charge >= 0.3 is 0 Å². The number of carbonyl (C=O) groups is 1. The second-order valence-corrected chi connectivity index (χ2v) is 6.71. The number of hydrogen-bond acceptors (Lipinski definition) is 3. The molecule has 0 heterocycles. The molecule has 0 aliphatic carbocycles. The predicted molar refractivity (Wildman–Crippen MR) is 104 cm³/mol. The van der Waals surface area contributed by atoms with Crippen LogP contribution >= 0.6 is 11.6 Å². The van der Waals surface area contributed by atoms with E-state index in [0.717, 1.165) is 10.5 Å². The first-order valence-electron chi connectivity index (χ1n) is 8.73. The third-order valence-corrected chi connectivity index (χ3v) is 4.57. The van der Waals surface area contributed by atoms with E-state index in [0.29, 0.717) is 24.7 Å². The van der Waals surface area contributed by atoms with Crippen LogP contribution in [0.5, 0.6) is 11.5 Å². The first-order valence-corrected chi connectivity index (χ1v) is 9.11. The highest BCUT2D eigenvalue weighted by molar-refractivity contribution is 6.30. The Morgan fingerprint density at radius 3 is 2.63 bits per heavy atom. The Labute approximate surface area is 164 Å². The predicted octanol–water partition coefficient (Wildman–Crippen LogP) is 2.93. The van der Waals surface area contributed by atoms with Gasteiger partial charge in [0.15, 0.2) is 17.5 Å². The molecule has 0 spiro atoms. The number of hydrogen-bond donors (Lipinski definition) is 2. The second kappa shape index (κ2) is 9.58. The molecule has 2 aromatic carbocycles. The summed E-state index contributed by atoms with van der Waals surface area (Å²) < 4.78 is 24.8. The Morgan fingerprint density at radius 2 is 2.00 bits per heavy atom. The SMILES string of the molecule is CCOc1ccc(C[NH+](C)[C@H](C)C(=O)Nc2ccc(Cl)cc2F)cc1OC. The van der Waals surface area contributed by atoms with E-state index in [4.69, 9.17) is 21.1 Å². The van der Waals surface area contributed by atoms with Gasteiger partial charge in [0.2, 0.25) is 0 Å². The van der Waals surface area contributed by atoms with Gasteiger partial charge in [-0.25, -0.2) is 4.39 Å². The third kappa shape index (κ3) is 5.58. The maximum Gasteiger partial charge on any atom is 0.282 e. The van der Waals surface area contributed by atoms with Crippen molar-refractivity contribution in [3.05, 3.63) is 52.8 Å². The van der Waals surface area contributed by atoms with Gasteiger partial charge < -0.3 is 19.7 Å². The van der Waals surface area contributed by atoms with Gasteiger partial charge in [-0.2, -0.15) is 0 Å². The van der Waals surface area contributed by atoms with E-state index < -0.39 is 11.9 Å². The molecule has 2 N–H and O–H groups in total. The standard InChI is InChI=1S/C20H24ClFN2O3/c1-5-27-18-9-6-14(10-19(18)26-4)12-24(3)13(2)20(25)23-17-8-7-15(21)11-16(17)22/h6-11,13H,5,12H2,1-4H3,(H,23,25)/p+1/t13-/m1/s1. The summed E-state index contributed by atoms with van der Waals surface area (Å²) in [5.41, 5.74) is 1.12. The van der Waals surface area contributed by atoms with Gasteiger partial charge in [-0.15, -0.1) is 0 Å². The molecule has 0 saturated carbocycles. The third-order valence-electron chi connectivity index (χ3n) is 4.33. The number of quaternary nitrogens is 1. The molecule has 2 aromatic rings. The summed E-state index contributed by atoms with van der Waals surface area (Å²) in [7, 11) is 3.50. The minimum absolute atomic E-state index is 0.117. The van der Waals surface area contributed by atoms with E-state index >= 15 is 0 Å². The molecule has 2 atom stereocenters. The van der Waals surface area contributed by atoms with Crippen molar-refractivity contribution in [1.82, 2.24) is 0 Å². The van der Waals surface area contributed by atoms with Crippen molar-refractivity contribution >= 4 is 23.2 Å². The minimum Gasteiger partial charge on any atom is -0.493 e. The molecule has 146 valence electrons. The highest BCUT2D eigenvalue weighted by Gasteiger charge is 2.23. The van der Waals surface area contributed by atoms with Crippen LogP contribution in [0.4, 0.5) is 10.1 Å². The first kappa shape index (κ1) is 21.0. The smallest absolute Gasteiger partial charge is 0.282 e. The first-order chi connectivity index (χ1) is 12.8. The van der Waals surface area contributed by atoms with Crippen LogP contribution in [0.3, 0.4) is 0 Å². The maximum absolute atomic E-state index is 13.9. The zero-order valence-electron chi connectivity index (χ0n) is 15.9. The molecule has 0 bridgehead atoms. The molecule has 0 aromatic heterocycles. The number of likely N-dealkylation sites (N-methyl/N-ethyl adjacent to an activating group) is 1. The van der Waals surface area contributed by atoms with E-state index in [1.807, 2.05) is 32.2 Å². The van der Waals surface area contributed by atoms with Crippen LogP contribution in [0.2, 0.25) is 5.02 Å². The summed E-state index contributed by atoms with van der Waals surface area (Å²) in [5.74, 6) is 0.511. The number of methoxy groups -OCH3 is 1. The van der Waals surface area contributed by atoms with Crippen molar-refractivity contribution in [3.8, 4) is 11.5 Å². The number of benzene rings is 2. The zero-order chi connectivity index (χ0) is 20.0. The van der Waals surface area contributed by atoms with Crippen LogP contribution in [0.1, 0.15) is 19.4 Å². The molecular formula is C20H25ClFN2O3+. The summed E-state index contributed by atoms with van der Waals surface area (Å²) in [5, 5.41) is 2.90. The van der Waals surface area contributed by atoms with E-state index in [2.05, 4.69) is 5.32 Å². The lowest BCUT2D eigenvalue weighted by atomic mass is 10.1. The topological polar surface area (TPSA) is 52.0 Å². The van der Waals surface area contributed by atoms with Gasteiger partial charge in [0, 0.05) is 10.6 Å². The number of nitrogens with one attached hydrogen (secondary N) is 2. The Morgan fingerprint density at radius 1 is 1.26 bits per heavy atom. The van der Waals surface area contributed by atoms with E-state index in [1.165, 1.54) is 18.2 Å². The largest absolute Gasteiger partial charge is 0.493 e. The molecule has 0 radical (unpaired) electrons. The molecule has 0 aliphatic rings. The fourth-order valence-electron chi connectivity index (χ4n) is 2.63. The molecular weight excluding hydrogens is 371 g/mol. The van der Waals surface area contributed by atoms with Gasteiger partial charge in [0.05, 0.1) is 26.5 Å². The fourth-order valence-corrected chi connectivity index (χ4v) is 2.79. The van der Waals surface area contributed by atoms with Crippen molar-refractivity contribution < 1.29 is 23.6 Å². The van der Waals surface area contributed by atoms with Gasteiger partial charge in [0.25, 0.3) is 5.91 Å². The molecule has 2 rings (SSSR count). The van der Waals surface area contributed by atoms with Gasteiger partial charge in [-0.1, -0.05) is 11.6 Å². The lowest BCUT2D eigenvalue weighted by Crippen LogP contribution is -3.12. The Kier molecular flexibility index (Phi) is 7.45. The molecule has 27 heavy (non-hydrogen) atoms. The van der Waals surface area contributed by atoms with Crippen LogP contribution in [0.15, 0.2) is 36.4 Å². The summed E-state index contributed by atoms with van der Waals surface area (Å²) in [6.45, 7) is 4.86. The average Bonchev–Trinajstić information content (AvgIpc) is 2.64. The van der Waals surface area contributed by atoms with Crippen molar-refractivity contribution in [2.45, 2.75) is 26.4 Å². The number of anilines is 1. The average molecular weight is 396 g/mol. The van der Waals surface area contributed by atoms with E-state index in [9.17, 15) is 9.18 Å². The van der Waals surface area contributed by atoms with Crippen molar-refractivity contribution in [3.63, 3.8) is 0 Å². The monoisotopic (exact) mass is 395 g/mol. The Bertz CT molecular complexity index is 801. The summed E-state index contributed by atoms with van der Waals surface area (Å²) in [6.07, 6.45) is 0. The number of halogens is 2. The number of amides is 1. The van der Waals surface area contributed by atoms with Crippen LogP contribution in [-0.2, 0) is 11.3 Å². The quantitative estimate of drug-likeness (QED) is 0.722. The fraction of sp³-hybridized carbons (Fsp3) is 0.350. The number of carbonyl (C=O) groups excluding carboxylic acids is 1. The van der Waals surface area contributed by atoms with Crippen molar-refractivity contribution in [2.24, 2.45) is 0 Å². The maximum atomic E-state index is 13.9. The van der Waals surface area contributed by atoms with Crippen LogP contribution in [0.25, 0.3) is 0 Å². The molecule has 0 fully saturated rings. The van der Waals surface area contributed by atoms with Gasteiger partial charge in [0.1, 0.15) is 12.4 Å². The molecule has 7 heteroatoms. The zero-order valence-corrected chi connectivity index (χ0v) is 16.7. The summed E-state index contributed by atoms with van der Waals surface area (Å²) in [4.78, 5) is 13.4. The number of rotatable bonds is 8. The highest BCUT2D eigenvalue weighted by atomic mass is 35.5. The minimum atomic E-state index is -0.558. The molecule has 0 aliphatic heterocycles. The Balaban J connectivity index is 2.04. The molecule has 1 amide bonds. The van der Waals surface area contributed by atoms with Gasteiger partial charge in [-0.05, 0) is 50.2 Å². The van der Waals surface area contributed by atoms with E-state index in [1.54, 1.807) is 14.0 Å². The van der Waals surface area contributed by atoms with Crippen LogP contribution in [-0.4, -0.2) is 32.7 Å². The van der Waals surface area contributed by atoms with Crippen molar-refractivity contribution in [2.75, 3.05) is 26.1 Å². The second-order valence-electron chi connectivity index (χ2n) is 6.28.